The molecule has 20 heavy (non-hydrogen) atoms. The van der Waals surface area contributed by atoms with Gasteiger partial charge in [0, 0.05) is 5.92 Å². The first-order chi connectivity index (χ1) is 9.75. The minimum atomic E-state index is 0.296. The molecule has 3 heteroatoms. The zero-order chi connectivity index (χ0) is 13.9. The zero-order valence-corrected chi connectivity index (χ0v) is 13.0. The fourth-order valence-corrected chi connectivity index (χ4v) is 4.25. The van der Waals surface area contributed by atoms with Gasteiger partial charge >= 0.3 is 5.23 Å². The predicted molar refractivity (Wildman–Crippen MR) is 85.2 cm³/mol. The largest absolute Gasteiger partial charge is 0.434 e. The van der Waals surface area contributed by atoms with Gasteiger partial charge in [0.05, 0.1) is 5.25 Å². The maximum Gasteiger partial charge on any atom is 0.401 e. The molecule has 1 aromatic rings. The molecule has 1 aliphatic carbocycles. The number of hydrogen-bond donors (Lipinski definition) is 0. The van der Waals surface area contributed by atoms with Crippen molar-refractivity contribution in [2.75, 3.05) is 14.1 Å². The maximum atomic E-state index is 6.30. The number of hydrogen-bond acceptors (Lipinski definition) is 2. The van der Waals surface area contributed by atoms with Crippen LogP contribution in [0.2, 0.25) is 0 Å². The molecule has 0 spiro atoms. The van der Waals surface area contributed by atoms with Gasteiger partial charge in [-0.3, -0.25) is 0 Å². The summed E-state index contributed by atoms with van der Waals surface area (Å²) in [4.78, 5) is 0. The monoisotopic (exact) mass is 288 g/mol. The molecule has 0 aromatic heterocycles. The molecule has 1 aliphatic heterocycles. The van der Waals surface area contributed by atoms with Crippen LogP contribution in [-0.4, -0.2) is 30.0 Å². The van der Waals surface area contributed by atoms with Crippen molar-refractivity contribution in [3.63, 3.8) is 0 Å². The molecule has 3 rings (SSSR count). The molecule has 3 atom stereocenters. The van der Waals surface area contributed by atoms with Crippen molar-refractivity contribution in [1.82, 2.24) is 0 Å². The van der Waals surface area contributed by atoms with E-state index in [4.69, 9.17) is 4.74 Å². The molecule has 0 radical (unpaired) electrons. The van der Waals surface area contributed by atoms with E-state index >= 15 is 0 Å². The van der Waals surface area contributed by atoms with Gasteiger partial charge in [0.1, 0.15) is 20.2 Å². The third-order valence-electron chi connectivity index (χ3n) is 4.03. The highest BCUT2D eigenvalue weighted by atomic mass is 32.2. The molecule has 0 amide bonds. The normalized spacial score (nSPS) is 29.3. The van der Waals surface area contributed by atoms with Gasteiger partial charge in [-0.25, -0.2) is 0 Å². The van der Waals surface area contributed by atoms with Gasteiger partial charge in [0.25, 0.3) is 0 Å². The summed E-state index contributed by atoms with van der Waals surface area (Å²) in [5.41, 5.74) is 1.38. The van der Waals surface area contributed by atoms with Crippen LogP contribution >= 0.6 is 11.8 Å². The lowest BCUT2D eigenvalue weighted by molar-refractivity contribution is -0.471. The molecular formula is C17H22NOS+. The lowest BCUT2D eigenvalue weighted by atomic mass is 9.86. The van der Waals surface area contributed by atoms with Gasteiger partial charge in [0.2, 0.25) is 0 Å². The molecule has 3 unspecified atom stereocenters. The van der Waals surface area contributed by atoms with E-state index in [0.717, 1.165) is 11.7 Å². The van der Waals surface area contributed by atoms with Gasteiger partial charge < -0.3 is 4.74 Å². The highest BCUT2D eigenvalue weighted by Gasteiger charge is 2.43. The van der Waals surface area contributed by atoms with Gasteiger partial charge in [-0.2, -0.15) is 4.58 Å². The summed E-state index contributed by atoms with van der Waals surface area (Å²) in [6.07, 6.45) is 8.49. The summed E-state index contributed by atoms with van der Waals surface area (Å²) in [5, 5.41) is 1.48. The molecule has 1 saturated heterocycles. The SMILES string of the molecule is C[N+](C)=C1OC(C2CC=CCC2)C(c2ccccc2)S1. The number of nitrogens with zero attached hydrogens (tertiary/aromatic N) is 1. The molecule has 0 N–H and O–H groups in total. The van der Waals surface area contributed by atoms with E-state index < -0.39 is 0 Å². The Labute approximate surface area is 125 Å². The second kappa shape index (κ2) is 6.04. The van der Waals surface area contributed by atoms with Crippen molar-refractivity contribution in [2.45, 2.75) is 30.6 Å². The van der Waals surface area contributed by atoms with Crippen LogP contribution in [0.15, 0.2) is 42.5 Å². The summed E-state index contributed by atoms with van der Waals surface area (Å²) < 4.78 is 8.40. The Morgan fingerprint density at radius 2 is 1.95 bits per heavy atom. The minimum Gasteiger partial charge on any atom is -0.434 e. The first-order valence-electron chi connectivity index (χ1n) is 7.33. The lowest BCUT2D eigenvalue weighted by Crippen LogP contribution is -2.26. The van der Waals surface area contributed by atoms with E-state index in [-0.39, 0.29) is 0 Å². The second-order valence-corrected chi connectivity index (χ2v) is 6.83. The van der Waals surface area contributed by atoms with Crippen LogP contribution in [0.25, 0.3) is 0 Å². The van der Waals surface area contributed by atoms with Crippen molar-refractivity contribution < 1.29 is 9.31 Å². The topological polar surface area (TPSA) is 12.2 Å². The molecule has 1 heterocycles. The van der Waals surface area contributed by atoms with Crippen LogP contribution in [0.3, 0.4) is 0 Å². The first-order valence-corrected chi connectivity index (χ1v) is 8.21. The minimum absolute atomic E-state index is 0.296. The number of allylic oxidation sites excluding steroid dienone is 2. The van der Waals surface area contributed by atoms with E-state index in [2.05, 4.69) is 61.2 Å². The quantitative estimate of drug-likeness (QED) is 0.605. The Morgan fingerprint density at radius 1 is 1.15 bits per heavy atom. The van der Waals surface area contributed by atoms with E-state index in [1.165, 1.54) is 18.4 Å². The van der Waals surface area contributed by atoms with Crippen molar-refractivity contribution in [2.24, 2.45) is 5.92 Å². The third-order valence-corrected chi connectivity index (χ3v) is 5.49. The average Bonchev–Trinajstić information content (AvgIpc) is 2.94. The standard InChI is InChI=1S/C17H22NOS/c1-18(2)17-19-15(13-9-5-3-6-10-13)16(20-17)14-11-7-4-8-12-14/h3-5,7-8,11-13,15-16H,6,9-10H2,1-2H3/q+1. The van der Waals surface area contributed by atoms with Crippen LogP contribution in [0, 0.1) is 5.92 Å². The third kappa shape index (κ3) is 2.78. The zero-order valence-electron chi connectivity index (χ0n) is 12.2. The first kappa shape index (κ1) is 13.7. The van der Waals surface area contributed by atoms with Crippen molar-refractivity contribution in [1.29, 1.82) is 0 Å². The second-order valence-electron chi connectivity index (χ2n) is 5.74. The lowest BCUT2D eigenvalue weighted by Gasteiger charge is -2.26. The predicted octanol–water partition coefficient (Wildman–Crippen LogP) is 3.84. The summed E-state index contributed by atoms with van der Waals surface area (Å²) in [6, 6.07) is 10.8. The molecule has 1 fully saturated rings. The number of benzene rings is 1. The Kier molecular flexibility index (Phi) is 4.16. The molecule has 106 valence electrons. The highest BCUT2D eigenvalue weighted by Crippen LogP contribution is 2.46. The Hall–Kier alpha value is -1.22. The van der Waals surface area contributed by atoms with Gasteiger partial charge in [-0.05, 0) is 36.6 Å². The average molecular weight is 288 g/mol. The van der Waals surface area contributed by atoms with Crippen LogP contribution < -0.4 is 0 Å². The fourth-order valence-electron chi connectivity index (χ4n) is 2.95. The molecule has 2 nitrogen and oxygen atoms in total. The number of thioether (sulfide) groups is 1. The van der Waals surface area contributed by atoms with Crippen LogP contribution in [0.5, 0.6) is 0 Å². The molecular weight excluding hydrogens is 266 g/mol. The summed E-state index contributed by atoms with van der Waals surface area (Å²) in [5.74, 6) is 0.634. The summed E-state index contributed by atoms with van der Waals surface area (Å²) >= 11 is 1.87. The highest BCUT2D eigenvalue weighted by molar-refractivity contribution is 8.13. The van der Waals surface area contributed by atoms with Crippen molar-refractivity contribution in [3.05, 3.63) is 48.0 Å². The molecule has 0 bridgehead atoms. The van der Waals surface area contributed by atoms with Crippen molar-refractivity contribution in [3.8, 4) is 0 Å². The van der Waals surface area contributed by atoms with Crippen LogP contribution in [0.1, 0.15) is 30.1 Å². The molecule has 2 aliphatic rings. The van der Waals surface area contributed by atoms with Gasteiger partial charge in [-0.1, -0.05) is 42.5 Å². The number of ether oxygens (including phenoxy) is 1. The van der Waals surface area contributed by atoms with Gasteiger partial charge in [0.15, 0.2) is 0 Å². The van der Waals surface area contributed by atoms with E-state index in [1.807, 2.05) is 11.8 Å². The number of rotatable bonds is 2. The fraction of sp³-hybridized carbons (Fsp3) is 0.471. The molecule has 1 aromatic carbocycles. The Bertz CT molecular complexity index is 519. The summed E-state index contributed by atoms with van der Waals surface area (Å²) in [6.45, 7) is 0. The van der Waals surface area contributed by atoms with E-state index in [0.29, 0.717) is 17.3 Å². The smallest absolute Gasteiger partial charge is 0.401 e. The Morgan fingerprint density at radius 3 is 2.60 bits per heavy atom. The van der Waals surface area contributed by atoms with Crippen LogP contribution in [-0.2, 0) is 4.74 Å². The maximum absolute atomic E-state index is 6.30. The Balaban J connectivity index is 1.88. The van der Waals surface area contributed by atoms with Crippen LogP contribution in [0.4, 0.5) is 0 Å². The molecule has 0 saturated carbocycles. The van der Waals surface area contributed by atoms with E-state index in [9.17, 15) is 0 Å². The van der Waals surface area contributed by atoms with E-state index in [1.54, 1.807) is 0 Å². The summed E-state index contributed by atoms with van der Waals surface area (Å²) in [7, 11) is 4.13. The van der Waals surface area contributed by atoms with Gasteiger partial charge in [-0.15, -0.1) is 0 Å². The van der Waals surface area contributed by atoms with Crippen molar-refractivity contribution >= 4 is 17.0 Å².